The molecule has 0 fully saturated rings. The van der Waals surface area contributed by atoms with E-state index in [1.54, 1.807) is 6.07 Å². The van der Waals surface area contributed by atoms with Gasteiger partial charge in [-0.1, -0.05) is 0 Å². The van der Waals surface area contributed by atoms with Crippen LogP contribution in [0, 0.1) is 24.0 Å². The first-order valence-electron chi connectivity index (χ1n) is 4.56. The normalized spacial score (nSPS) is 10.5. The second kappa shape index (κ2) is 3.31. The van der Waals surface area contributed by atoms with Crippen LogP contribution in [0.2, 0.25) is 0 Å². The molecule has 76 valence electrons. The van der Waals surface area contributed by atoms with Crippen molar-refractivity contribution in [2.24, 2.45) is 0 Å². The highest BCUT2D eigenvalue weighted by Gasteiger charge is 2.15. The number of nitro benzene ring substituents is 1. The van der Waals surface area contributed by atoms with Gasteiger partial charge in [0.15, 0.2) is 0 Å². The Kier molecular flexibility index (Phi) is 2.11. The number of nitrogens with zero attached hydrogens (tertiary/aromatic N) is 1. The van der Waals surface area contributed by atoms with E-state index in [9.17, 15) is 10.1 Å². The molecule has 4 heteroatoms. The van der Waals surface area contributed by atoms with Crippen LogP contribution in [-0.2, 0) is 0 Å². The Labute approximate surface area is 86.3 Å². The predicted octanol–water partition coefficient (Wildman–Crippen LogP) is 3.24. The summed E-state index contributed by atoms with van der Waals surface area (Å²) in [6, 6.07) is 6.48. The van der Waals surface area contributed by atoms with E-state index in [4.69, 9.17) is 4.42 Å². The van der Waals surface area contributed by atoms with Gasteiger partial charge in [0.05, 0.1) is 23.3 Å². The number of hydrogen-bond donors (Lipinski definition) is 0. The van der Waals surface area contributed by atoms with E-state index in [-0.39, 0.29) is 5.69 Å². The molecular formula is C11H10NO3+. The molecule has 0 saturated heterocycles. The molecule has 0 radical (unpaired) electrons. The number of fused-ring (bicyclic) bond motifs is 1. The third-order valence-corrected chi connectivity index (χ3v) is 2.39. The molecule has 0 aliphatic heterocycles. The fourth-order valence-corrected chi connectivity index (χ4v) is 1.44. The van der Waals surface area contributed by atoms with Crippen LogP contribution in [0.15, 0.2) is 28.7 Å². The van der Waals surface area contributed by atoms with Gasteiger partial charge in [-0.2, -0.15) is 0 Å². The van der Waals surface area contributed by atoms with E-state index in [0.29, 0.717) is 5.58 Å². The monoisotopic (exact) mass is 204 g/mol. The highest BCUT2D eigenvalue weighted by atomic mass is 16.6. The van der Waals surface area contributed by atoms with Crippen molar-refractivity contribution in [3.63, 3.8) is 0 Å². The number of nitro groups is 1. The van der Waals surface area contributed by atoms with Gasteiger partial charge < -0.3 is 0 Å². The third kappa shape index (κ3) is 1.66. The van der Waals surface area contributed by atoms with E-state index in [1.807, 2.05) is 19.9 Å². The van der Waals surface area contributed by atoms with Gasteiger partial charge in [0.25, 0.3) is 5.69 Å². The second-order valence-electron chi connectivity index (χ2n) is 3.46. The molecule has 0 saturated carbocycles. The van der Waals surface area contributed by atoms with E-state index in [0.717, 1.165) is 16.7 Å². The lowest BCUT2D eigenvalue weighted by Crippen LogP contribution is -1.88. The maximum atomic E-state index is 10.6. The molecule has 0 amide bonds. The molecule has 0 bridgehead atoms. The van der Waals surface area contributed by atoms with Gasteiger partial charge in [-0.15, -0.1) is 0 Å². The average molecular weight is 204 g/mol. The molecule has 0 unspecified atom stereocenters. The molecule has 1 aromatic carbocycles. The maximum absolute atomic E-state index is 10.6. The molecule has 4 nitrogen and oxygen atoms in total. The lowest BCUT2D eigenvalue weighted by atomic mass is 10.1. The van der Waals surface area contributed by atoms with E-state index >= 15 is 0 Å². The predicted molar refractivity (Wildman–Crippen MR) is 56.7 cm³/mol. The van der Waals surface area contributed by atoms with Crippen LogP contribution in [-0.4, -0.2) is 4.92 Å². The lowest BCUT2D eigenvalue weighted by molar-refractivity contribution is -0.384. The lowest BCUT2D eigenvalue weighted by Gasteiger charge is -1.93. The van der Waals surface area contributed by atoms with Crippen LogP contribution < -0.4 is 0 Å². The molecule has 0 atom stereocenters. The number of aryl methyl sites for hydroxylation is 2. The van der Waals surface area contributed by atoms with Crippen molar-refractivity contribution in [1.82, 2.24) is 0 Å². The van der Waals surface area contributed by atoms with Crippen LogP contribution in [0.5, 0.6) is 0 Å². The Hall–Kier alpha value is -1.97. The Morgan fingerprint density at radius 3 is 2.67 bits per heavy atom. The van der Waals surface area contributed by atoms with Gasteiger partial charge in [-0.05, 0) is 13.0 Å². The summed E-state index contributed by atoms with van der Waals surface area (Å²) in [5.74, 6) is 0.830. The van der Waals surface area contributed by atoms with Gasteiger partial charge >= 0.3 is 11.3 Å². The number of benzene rings is 1. The van der Waals surface area contributed by atoms with Crippen molar-refractivity contribution in [3.05, 3.63) is 45.7 Å². The van der Waals surface area contributed by atoms with Gasteiger partial charge in [-0.3, -0.25) is 10.1 Å². The third-order valence-electron chi connectivity index (χ3n) is 2.39. The second-order valence-corrected chi connectivity index (χ2v) is 3.46. The first kappa shape index (κ1) is 9.58. The Morgan fingerprint density at radius 2 is 2.00 bits per heavy atom. The van der Waals surface area contributed by atoms with Crippen molar-refractivity contribution in [1.29, 1.82) is 0 Å². The van der Waals surface area contributed by atoms with Crippen molar-refractivity contribution in [2.75, 3.05) is 0 Å². The van der Waals surface area contributed by atoms with Crippen LogP contribution in [0.3, 0.4) is 0 Å². The largest absolute Gasteiger partial charge is 0.360 e. The van der Waals surface area contributed by atoms with Gasteiger partial charge in [-0.25, -0.2) is 4.42 Å². The fraction of sp³-hybridized carbons (Fsp3) is 0.182. The van der Waals surface area contributed by atoms with Crippen LogP contribution in [0.25, 0.3) is 11.0 Å². The summed E-state index contributed by atoms with van der Waals surface area (Å²) in [5, 5.41) is 11.3. The zero-order valence-corrected chi connectivity index (χ0v) is 8.48. The van der Waals surface area contributed by atoms with Crippen molar-refractivity contribution in [3.8, 4) is 0 Å². The maximum Gasteiger partial charge on any atom is 0.360 e. The minimum Gasteiger partial charge on any atom is -0.258 e. The number of non-ortho nitro benzene ring substituents is 1. The van der Waals surface area contributed by atoms with Crippen LogP contribution in [0.1, 0.15) is 11.3 Å². The Morgan fingerprint density at radius 1 is 1.27 bits per heavy atom. The highest BCUT2D eigenvalue weighted by molar-refractivity contribution is 5.79. The summed E-state index contributed by atoms with van der Waals surface area (Å²) >= 11 is 0. The van der Waals surface area contributed by atoms with Crippen LogP contribution >= 0.6 is 0 Å². The minimum atomic E-state index is -0.408. The molecule has 0 aliphatic rings. The molecule has 1 heterocycles. The molecule has 0 N–H and O–H groups in total. The Balaban J connectivity index is 2.72. The smallest absolute Gasteiger partial charge is 0.258 e. The molecule has 15 heavy (non-hydrogen) atoms. The molecule has 2 aromatic rings. The SMILES string of the molecule is Cc1cc2cc([N+](=O)[O-])ccc2[o+]c1C. The fourth-order valence-electron chi connectivity index (χ4n) is 1.44. The van der Waals surface area contributed by atoms with Gasteiger partial charge in [0.1, 0.15) is 0 Å². The summed E-state index contributed by atoms with van der Waals surface area (Å²) < 4.78 is 5.50. The first-order chi connectivity index (χ1) is 7.08. The van der Waals surface area contributed by atoms with Crippen molar-refractivity contribution < 1.29 is 9.34 Å². The van der Waals surface area contributed by atoms with Gasteiger partial charge in [0.2, 0.25) is 0 Å². The van der Waals surface area contributed by atoms with Crippen LogP contribution in [0.4, 0.5) is 5.69 Å². The zero-order valence-electron chi connectivity index (χ0n) is 8.48. The topological polar surface area (TPSA) is 54.4 Å². The standard InChI is InChI=1S/C11H10NO3/c1-7-5-9-6-10(12(13)14)3-4-11(9)15-8(7)2/h3-6H,1-2H3/q+1. The summed E-state index contributed by atoms with van der Waals surface area (Å²) in [7, 11) is 0. The van der Waals surface area contributed by atoms with E-state index in [2.05, 4.69) is 0 Å². The molecule has 0 spiro atoms. The van der Waals surface area contributed by atoms with Crippen molar-refractivity contribution in [2.45, 2.75) is 13.8 Å². The summed E-state index contributed by atoms with van der Waals surface area (Å²) in [5.41, 5.74) is 1.74. The van der Waals surface area contributed by atoms with Crippen molar-refractivity contribution >= 4 is 16.7 Å². The summed E-state index contributed by atoms with van der Waals surface area (Å²) in [6.45, 7) is 3.79. The zero-order chi connectivity index (χ0) is 11.0. The summed E-state index contributed by atoms with van der Waals surface area (Å²) in [6.07, 6.45) is 0. The average Bonchev–Trinajstić information content (AvgIpc) is 2.19. The minimum absolute atomic E-state index is 0.0842. The first-order valence-corrected chi connectivity index (χ1v) is 4.56. The van der Waals surface area contributed by atoms with E-state index in [1.165, 1.54) is 12.1 Å². The molecular weight excluding hydrogens is 194 g/mol. The number of rotatable bonds is 1. The number of hydrogen-bond acceptors (Lipinski definition) is 2. The molecule has 0 aliphatic carbocycles. The molecule has 1 aromatic heterocycles. The molecule has 2 rings (SSSR count). The summed E-state index contributed by atoms with van der Waals surface area (Å²) in [4.78, 5) is 10.2. The van der Waals surface area contributed by atoms with E-state index < -0.39 is 4.92 Å². The Bertz CT molecular complexity index is 549. The van der Waals surface area contributed by atoms with Gasteiger partial charge in [0, 0.05) is 17.7 Å². The quantitative estimate of drug-likeness (QED) is 0.407. The highest BCUT2D eigenvalue weighted by Crippen LogP contribution is 2.23.